The highest BCUT2D eigenvalue weighted by molar-refractivity contribution is 7.99. The first-order valence-electron chi connectivity index (χ1n) is 5.84. The molecular formula is C12H22OS. The van der Waals surface area contributed by atoms with Crippen LogP contribution in [-0.4, -0.2) is 17.3 Å². The molecule has 2 heteroatoms. The van der Waals surface area contributed by atoms with Crippen molar-refractivity contribution in [2.75, 3.05) is 11.5 Å². The molecule has 1 aliphatic rings. The molecule has 1 heterocycles. The average Bonchev–Trinajstić information content (AvgIpc) is 2.19. The van der Waals surface area contributed by atoms with Gasteiger partial charge >= 0.3 is 0 Å². The summed E-state index contributed by atoms with van der Waals surface area (Å²) in [6.45, 7) is 4.24. The Bertz CT molecular complexity index is 173. The predicted octanol–water partition coefficient (Wildman–Crippen LogP) is 3.53. The summed E-state index contributed by atoms with van der Waals surface area (Å²) in [7, 11) is 0. The standard InChI is InChI=1S/C12H22OS/c1-3-4-10(2)12(13)9-11-5-7-14-8-6-11/h10-11H,3-9H2,1-2H3. The molecule has 0 amide bonds. The Hall–Kier alpha value is 0.0200. The quantitative estimate of drug-likeness (QED) is 0.696. The Labute approximate surface area is 92.0 Å². The Morgan fingerprint density at radius 1 is 1.43 bits per heavy atom. The van der Waals surface area contributed by atoms with Gasteiger partial charge in [-0.05, 0) is 36.7 Å². The lowest BCUT2D eigenvalue weighted by atomic mass is 9.90. The molecule has 82 valence electrons. The molecule has 0 aromatic carbocycles. The van der Waals surface area contributed by atoms with Crippen LogP contribution in [-0.2, 0) is 4.79 Å². The number of thioether (sulfide) groups is 1. The molecule has 0 spiro atoms. The van der Waals surface area contributed by atoms with Crippen molar-refractivity contribution in [3.05, 3.63) is 0 Å². The predicted molar refractivity (Wildman–Crippen MR) is 63.7 cm³/mol. The summed E-state index contributed by atoms with van der Waals surface area (Å²) in [5.41, 5.74) is 0. The van der Waals surface area contributed by atoms with Crippen molar-refractivity contribution in [3.63, 3.8) is 0 Å². The third-order valence-electron chi connectivity index (χ3n) is 3.10. The van der Waals surface area contributed by atoms with Crippen LogP contribution in [0.3, 0.4) is 0 Å². The molecule has 0 aliphatic carbocycles. The second-order valence-electron chi connectivity index (χ2n) is 4.42. The van der Waals surface area contributed by atoms with E-state index in [1.807, 2.05) is 11.8 Å². The first-order valence-corrected chi connectivity index (χ1v) is 7.00. The van der Waals surface area contributed by atoms with E-state index in [0.29, 0.717) is 17.6 Å². The van der Waals surface area contributed by atoms with E-state index in [-0.39, 0.29) is 0 Å². The van der Waals surface area contributed by atoms with Crippen LogP contribution >= 0.6 is 11.8 Å². The largest absolute Gasteiger partial charge is 0.299 e. The number of hydrogen-bond donors (Lipinski definition) is 0. The van der Waals surface area contributed by atoms with Gasteiger partial charge in [-0.2, -0.15) is 11.8 Å². The van der Waals surface area contributed by atoms with E-state index >= 15 is 0 Å². The first-order chi connectivity index (χ1) is 6.74. The fourth-order valence-electron chi connectivity index (χ4n) is 2.03. The molecule has 0 saturated carbocycles. The highest BCUT2D eigenvalue weighted by Crippen LogP contribution is 2.26. The van der Waals surface area contributed by atoms with E-state index in [1.54, 1.807) is 0 Å². The maximum Gasteiger partial charge on any atom is 0.135 e. The summed E-state index contributed by atoms with van der Waals surface area (Å²) < 4.78 is 0. The number of carbonyl (C=O) groups excluding carboxylic acids is 1. The molecule has 0 radical (unpaired) electrons. The number of rotatable bonds is 5. The summed E-state index contributed by atoms with van der Waals surface area (Å²) in [4.78, 5) is 11.8. The molecule has 0 bridgehead atoms. The molecular weight excluding hydrogens is 192 g/mol. The molecule has 0 aromatic heterocycles. The zero-order chi connectivity index (χ0) is 10.4. The van der Waals surface area contributed by atoms with Crippen molar-refractivity contribution < 1.29 is 4.79 Å². The maximum atomic E-state index is 11.8. The van der Waals surface area contributed by atoms with Crippen molar-refractivity contribution >= 4 is 17.5 Å². The molecule has 1 saturated heterocycles. The molecule has 1 unspecified atom stereocenters. The average molecular weight is 214 g/mol. The summed E-state index contributed by atoms with van der Waals surface area (Å²) in [5.74, 6) is 4.03. The molecule has 0 N–H and O–H groups in total. The van der Waals surface area contributed by atoms with E-state index in [2.05, 4.69) is 13.8 Å². The SMILES string of the molecule is CCCC(C)C(=O)CC1CCSCC1. The van der Waals surface area contributed by atoms with Crippen LogP contribution in [0.15, 0.2) is 0 Å². The highest BCUT2D eigenvalue weighted by atomic mass is 32.2. The van der Waals surface area contributed by atoms with Crippen molar-refractivity contribution in [2.24, 2.45) is 11.8 Å². The van der Waals surface area contributed by atoms with Gasteiger partial charge < -0.3 is 0 Å². The Balaban J connectivity index is 2.24. The molecule has 1 rings (SSSR count). The lowest BCUT2D eigenvalue weighted by Gasteiger charge is -2.21. The molecule has 14 heavy (non-hydrogen) atoms. The molecule has 1 atom stereocenters. The lowest BCUT2D eigenvalue weighted by Crippen LogP contribution is -2.18. The van der Waals surface area contributed by atoms with Gasteiger partial charge in [0.2, 0.25) is 0 Å². The van der Waals surface area contributed by atoms with E-state index in [4.69, 9.17) is 0 Å². The molecule has 1 fully saturated rings. The van der Waals surface area contributed by atoms with Crippen LogP contribution in [0.25, 0.3) is 0 Å². The molecule has 0 aromatic rings. The van der Waals surface area contributed by atoms with Gasteiger partial charge in [0.1, 0.15) is 5.78 Å². The van der Waals surface area contributed by atoms with Crippen LogP contribution in [0.2, 0.25) is 0 Å². The van der Waals surface area contributed by atoms with Gasteiger partial charge in [0, 0.05) is 12.3 Å². The minimum absolute atomic E-state index is 0.301. The van der Waals surface area contributed by atoms with Crippen LogP contribution in [0, 0.1) is 11.8 Å². The summed E-state index contributed by atoms with van der Waals surface area (Å²) >= 11 is 2.03. The van der Waals surface area contributed by atoms with E-state index in [0.717, 1.165) is 19.3 Å². The lowest BCUT2D eigenvalue weighted by molar-refractivity contribution is -0.123. The van der Waals surface area contributed by atoms with Crippen LogP contribution in [0.4, 0.5) is 0 Å². The van der Waals surface area contributed by atoms with E-state index in [1.165, 1.54) is 24.3 Å². The highest BCUT2D eigenvalue weighted by Gasteiger charge is 2.20. The Morgan fingerprint density at radius 3 is 2.64 bits per heavy atom. The van der Waals surface area contributed by atoms with Gasteiger partial charge in [-0.15, -0.1) is 0 Å². The molecule has 1 nitrogen and oxygen atoms in total. The third-order valence-corrected chi connectivity index (χ3v) is 4.15. The topological polar surface area (TPSA) is 17.1 Å². The Morgan fingerprint density at radius 2 is 2.07 bits per heavy atom. The molecule has 1 aliphatic heterocycles. The second kappa shape index (κ2) is 6.49. The van der Waals surface area contributed by atoms with Gasteiger partial charge in [0.15, 0.2) is 0 Å². The fourth-order valence-corrected chi connectivity index (χ4v) is 3.23. The summed E-state index contributed by atoms with van der Waals surface area (Å²) in [6, 6.07) is 0. The summed E-state index contributed by atoms with van der Waals surface area (Å²) in [5, 5.41) is 0. The van der Waals surface area contributed by atoms with Crippen molar-refractivity contribution in [2.45, 2.75) is 46.0 Å². The third kappa shape index (κ3) is 4.04. The number of ketones is 1. The van der Waals surface area contributed by atoms with Crippen LogP contribution in [0.5, 0.6) is 0 Å². The minimum atomic E-state index is 0.301. The second-order valence-corrected chi connectivity index (χ2v) is 5.64. The van der Waals surface area contributed by atoms with Crippen molar-refractivity contribution in [1.29, 1.82) is 0 Å². The van der Waals surface area contributed by atoms with Crippen molar-refractivity contribution in [1.82, 2.24) is 0 Å². The summed E-state index contributed by atoms with van der Waals surface area (Å²) in [6.07, 6.45) is 5.57. The smallest absolute Gasteiger partial charge is 0.135 e. The number of hydrogen-bond acceptors (Lipinski definition) is 2. The number of carbonyl (C=O) groups is 1. The van der Waals surface area contributed by atoms with E-state index in [9.17, 15) is 4.79 Å². The zero-order valence-corrected chi connectivity index (χ0v) is 10.2. The van der Waals surface area contributed by atoms with E-state index < -0.39 is 0 Å². The van der Waals surface area contributed by atoms with Gasteiger partial charge in [0.05, 0.1) is 0 Å². The first kappa shape index (κ1) is 12.1. The number of Topliss-reactive ketones (excluding diaryl/α,β-unsaturated/α-hetero) is 1. The normalized spacial score (nSPS) is 20.7. The van der Waals surface area contributed by atoms with Crippen molar-refractivity contribution in [3.8, 4) is 0 Å². The van der Waals surface area contributed by atoms with Gasteiger partial charge in [-0.1, -0.05) is 20.3 Å². The van der Waals surface area contributed by atoms with Gasteiger partial charge in [-0.3, -0.25) is 4.79 Å². The maximum absolute atomic E-state index is 11.8. The van der Waals surface area contributed by atoms with Crippen LogP contribution < -0.4 is 0 Å². The fraction of sp³-hybridized carbons (Fsp3) is 0.917. The Kier molecular flexibility index (Phi) is 5.61. The zero-order valence-electron chi connectivity index (χ0n) is 9.42. The monoisotopic (exact) mass is 214 g/mol. The van der Waals surface area contributed by atoms with Crippen LogP contribution in [0.1, 0.15) is 46.0 Å². The van der Waals surface area contributed by atoms with Gasteiger partial charge in [-0.25, -0.2) is 0 Å². The van der Waals surface area contributed by atoms with Gasteiger partial charge in [0.25, 0.3) is 0 Å². The minimum Gasteiger partial charge on any atom is -0.299 e.